The average Bonchev–Trinajstić information content (AvgIpc) is 2.78. The zero-order chi connectivity index (χ0) is 16.4. The van der Waals surface area contributed by atoms with Crippen LogP contribution in [0, 0.1) is 0 Å². The lowest BCUT2D eigenvalue weighted by atomic mass is 10.0. The monoisotopic (exact) mass is 335 g/mol. The quantitative estimate of drug-likeness (QED) is 0.873. The fraction of sp³-hybridized carbons (Fsp3) is 0.500. The summed E-state index contributed by atoms with van der Waals surface area (Å²) in [6.45, 7) is 1.53. The summed E-state index contributed by atoms with van der Waals surface area (Å²) in [5.74, 6) is 0.0433. The number of rotatable bonds is 2. The minimum atomic E-state index is -1.17. The van der Waals surface area contributed by atoms with Crippen molar-refractivity contribution in [1.82, 2.24) is 15.1 Å². The first kappa shape index (κ1) is 16.0. The van der Waals surface area contributed by atoms with Crippen molar-refractivity contribution in [3.8, 4) is 0 Å². The van der Waals surface area contributed by atoms with E-state index in [0.717, 1.165) is 5.56 Å². The summed E-state index contributed by atoms with van der Waals surface area (Å²) in [6.07, 6.45) is 1.14. The zero-order valence-corrected chi connectivity index (χ0v) is 14.0. The van der Waals surface area contributed by atoms with Crippen molar-refractivity contribution in [3.63, 3.8) is 0 Å². The summed E-state index contributed by atoms with van der Waals surface area (Å²) in [4.78, 5) is 26.8. The number of nitrogens with zero attached hydrogens (tertiary/aromatic N) is 2. The highest BCUT2D eigenvalue weighted by atomic mass is 32.2. The van der Waals surface area contributed by atoms with E-state index in [9.17, 15) is 13.8 Å². The molecule has 1 atom stereocenters. The summed E-state index contributed by atoms with van der Waals surface area (Å²) in [5.41, 5.74) is 1.05. The maximum Gasteiger partial charge on any atom is 0.317 e. The molecular formula is C16H21N3O3S. The van der Waals surface area contributed by atoms with Gasteiger partial charge in [0.15, 0.2) is 0 Å². The van der Waals surface area contributed by atoms with Gasteiger partial charge in [0, 0.05) is 39.5 Å². The van der Waals surface area contributed by atoms with Crippen LogP contribution >= 0.6 is 0 Å². The van der Waals surface area contributed by atoms with Gasteiger partial charge >= 0.3 is 6.03 Å². The normalized spacial score (nSPS) is 23.3. The highest BCUT2D eigenvalue weighted by Gasteiger charge is 2.51. The van der Waals surface area contributed by atoms with Crippen LogP contribution in [0.5, 0.6) is 0 Å². The van der Waals surface area contributed by atoms with Crippen LogP contribution in [-0.2, 0) is 22.1 Å². The first-order valence-electron chi connectivity index (χ1n) is 7.75. The van der Waals surface area contributed by atoms with Crippen molar-refractivity contribution >= 4 is 22.7 Å². The predicted octanol–water partition coefficient (Wildman–Crippen LogP) is 0.909. The maximum atomic E-state index is 12.3. The highest BCUT2D eigenvalue weighted by Crippen LogP contribution is 2.36. The van der Waals surface area contributed by atoms with E-state index >= 15 is 0 Å². The van der Waals surface area contributed by atoms with Crippen LogP contribution < -0.4 is 5.32 Å². The molecule has 1 N–H and O–H groups in total. The first-order chi connectivity index (χ1) is 11.0. The van der Waals surface area contributed by atoms with Crippen LogP contribution in [0.25, 0.3) is 0 Å². The fourth-order valence-corrected chi connectivity index (χ4v) is 4.96. The summed E-state index contributed by atoms with van der Waals surface area (Å²) in [7, 11) is 0.549. The Morgan fingerprint density at radius 1 is 1.26 bits per heavy atom. The highest BCUT2D eigenvalue weighted by molar-refractivity contribution is 7.87. The van der Waals surface area contributed by atoms with E-state index in [-0.39, 0.29) is 17.7 Å². The lowest BCUT2D eigenvalue weighted by molar-refractivity contribution is -0.129. The molecule has 2 fully saturated rings. The standard InChI is InChI=1S/C16H21N3O3S/c1-18-14(20)12-23(22)16(18)7-9-19(10-8-16)15(21)17-11-13-5-3-2-4-6-13/h2-6H,7-12H2,1H3,(H,17,21). The molecule has 1 aromatic rings. The SMILES string of the molecule is CN1C(=O)CS(=O)C12CCN(C(=O)NCc1ccccc1)CC2. The third-order valence-corrected chi connectivity index (χ3v) is 6.82. The number of hydrogen-bond donors (Lipinski definition) is 1. The zero-order valence-electron chi connectivity index (χ0n) is 13.2. The smallest absolute Gasteiger partial charge is 0.317 e. The minimum Gasteiger partial charge on any atom is -0.334 e. The summed E-state index contributed by atoms with van der Waals surface area (Å²) in [5, 5.41) is 2.91. The van der Waals surface area contributed by atoms with E-state index in [1.807, 2.05) is 30.3 Å². The van der Waals surface area contributed by atoms with Crippen molar-refractivity contribution in [3.05, 3.63) is 35.9 Å². The predicted molar refractivity (Wildman–Crippen MR) is 88.0 cm³/mol. The molecule has 1 aromatic carbocycles. The molecule has 23 heavy (non-hydrogen) atoms. The fourth-order valence-electron chi connectivity index (χ4n) is 3.23. The van der Waals surface area contributed by atoms with Crippen LogP contribution in [0.15, 0.2) is 30.3 Å². The molecule has 0 aromatic heterocycles. The minimum absolute atomic E-state index is 0.0645. The molecule has 2 aliphatic heterocycles. The van der Waals surface area contributed by atoms with Gasteiger partial charge in [-0.05, 0) is 5.56 Å². The summed E-state index contributed by atoms with van der Waals surface area (Å²) < 4.78 is 12.3. The van der Waals surface area contributed by atoms with E-state index in [2.05, 4.69) is 5.32 Å². The Labute approximate surface area is 138 Å². The van der Waals surface area contributed by atoms with E-state index in [1.165, 1.54) is 0 Å². The Balaban J connectivity index is 1.55. The third kappa shape index (κ3) is 2.97. The molecule has 124 valence electrons. The molecule has 1 spiro atoms. The van der Waals surface area contributed by atoms with Crippen LogP contribution in [0.2, 0.25) is 0 Å². The third-order valence-electron chi connectivity index (χ3n) is 4.78. The van der Waals surface area contributed by atoms with Gasteiger partial charge in [-0.2, -0.15) is 0 Å². The van der Waals surface area contributed by atoms with E-state index in [4.69, 9.17) is 0 Å². The van der Waals surface area contributed by atoms with Crippen LogP contribution in [0.4, 0.5) is 4.79 Å². The largest absolute Gasteiger partial charge is 0.334 e. The van der Waals surface area contributed by atoms with Crippen molar-refractivity contribution in [1.29, 1.82) is 0 Å². The van der Waals surface area contributed by atoms with Gasteiger partial charge in [0.1, 0.15) is 10.6 Å². The van der Waals surface area contributed by atoms with Crippen LogP contribution in [-0.4, -0.2) is 56.7 Å². The number of amides is 3. The molecule has 0 saturated carbocycles. The second-order valence-corrected chi connectivity index (χ2v) is 7.76. The van der Waals surface area contributed by atoms with Crippen molar-refractivity contribution in [2.75, 3.05) is 25.9 Å². The Hall–Kier alpha value is -1.89. The van der Waals surface area contributed by atoms with Crippen molar-refractivity contribution in [2.24, 2.45) is 0 Å². The molecule has 6 nitrogen and oxygen atoms in total. The molecule has 7 heteroatoms. The number of likely N-dealkylation sites (tertiary alicyclic amines) is 1. The van der Waals surface area contributed by atoms with Gasteiger partial charge in [0.2, 0.25) is 5.91 Å². The van der Waals surface area contributed by atoms with Gasteiger partial charge in [0.25, 0.3) is 0 Å². The Morgan fingerprint density at radius 2 is 1.91 bits per heavy atom. The van der Waals surface area contributed by atoms with Crippen molar-refractivity contribution < 1.29 is 13.8 Å². The molecule has 2 aliphatic rings. The molecular weight excluding hydrogens is 314 g/mol. The molecule has 0 bridgehead atoms. The van der Waals surface area contributed by atoms with E-state index in [0.29, 0.717) is 32.5 Å². The number of piperidine rings is 1. The van der Waals surface area contributed by atoms with Gasteiger partial charge in [-0.3, -0.25) is 9.00 Å². The Bertz CT molecular complexity index is 627. The van der Waals surface area contributed by atoms with Gasteiger partial charge < -0.3 is 15.1 Å². The number of hydrogen-bond acceptors (Lipinski definition) is 3. The molecule has 1 unspecified atom stereocenters. The second kappa shape index (κ2) is 6.31. The number of carbonyl (C=O) groups excluding carboxylic acids is 2. The van der Waals surface area contributed by atoms with Crippen LogP contribution in [0.1, 0.15) is 18.4 Å². The van der Waals surface area contributed by atoms with E-state index < -0.39 is 15.7 Å². The van der Waals surface area contributed by atoms with E-state index in [1.54, 1.807) is 16.8 Å². The molecule has 0 aliphatic carbocycles. The molecule has 2 saturated heterocycles. The lowest BCUT2D eigenvalue weighted by Gasteiger charge is -2.41. The first-order valence-corrected chi connectivity index (χ1v) is 9.07. The number of urea groups is 1. The van der Waals surface area contributed by atoms with Gasteiger partial charge in [-0.25, -0.2) is 4.79 Å². The number of nitrogens with one attached hydrogen (secondary N) is 1. The Kier molecular flexibility index (Phi) is 4.39. The molecule has 3 amide bonds. The van der Waals surface area contributed by atoms with Gasteiger partial charge in [0.05, 0.1) is 10.8 Å². The van der Waals surface area contributed by atoms with Crippen molar-refractivity contribution in [2.45, 2.75) is 24.3 Å². The average molecular weight is 335 g/mol. The number of benzene rings is 1. The van der Waals surface area contributed by atoms with Gasteiger partial charge in [-0.15, -0.1) is 0 Å². The lowest BCUT2D eigenvalue weighted by Crippen LogP contribution is -2.55. The molecule has 3 rings (SSSR count). The summed E-state index contributed by atoms with van der Waals surface area (Å²) in [6, 6.07) is 9.64. The topological polar surface area (TPSA) is 69.7 Å². The molecule has 0 radical (unpaired) electrons. The maximum absolute atomic E-state index is 12.3. The summed E-state index contributed by atoms with van der Waals surface area (Å²) >= 11 is 0. The Morgan fingerprint density at radius 3 is 2.48 bits per heavy atom. The van der Waals surface area contributed by atoms with Crippen LogP contribution in [0.3, 0.4) is 0 Å². The second-order valence-electron chi connectivity index (χ2n) is 6.02. The van der Waals surface area contributed by atoms with Gasteiger partial charge in [-0.1, -0.05) is 30.3 Å². The number of carbonyl (C=O) groups is 2. The molecule has 2 heterocycles.